The van der Waals surface area contributed by atoms with Gasteiger partial charge in [0.25, 0.3) is 10.0 Å². The van der Waals surface area contributed by atoms with E-state index in [-0.39, 0.29) is 4.90 Å². The second kappa shape index (κ2) is 7.06. The van der Waals surface area contributed by atoms with Crippen molar-refractivity contribution >= 4 is 26.7 Å². The van der Waals surface area contributed by atoms with Gasteiger partial charge in [-0.1, -0.05) is 24.1 Å². The highest BCUT2D eigenvalue weighted by Gasteiger charge is 2.24. The molecule has 1 aromatic carbocycles. The molecule has 3 heterocycles. The molecule has 0 unspecified atom stereocenters. The molecular weight excluding hydrogens is 360 g/mol. The van der Waals surface area contributed by atoms with Crippen LogP contribution in [0.2, 0.25) is 0 Å². The van der Waals surface area contributed by atoms with Crippen LogP contribution in [0.25, 0.3) is 11.0 Å². The van der Waals surface area contributed by atoms with Crippen LogP contribution >= 0.6 is 0 Å². The van der Waals surface area contributed by atoms with Crippen molar-refractivity contribution in [1.82, 2.24) is 14.3 Å². The zero-order valence-corrected chi connectivity index (χ0v) is 15.8. The molecule has 0 atom stereocenters. The molecule has 3 aromatic rings. The van der Waals surface area contributed by atoms with Gasteiger partial charge in [0.1, 0.15) is 0 Å². The third-order valence-electron chi connectivity index (χ3n) is 4.65. The Hall–Kier alpha value is -2.82. The third-order valence-corrected chi connectivity index (χ3v) is 6.31. The molecule has 0 radical (unpaired) electrons. The summed E-state index contributed by atoms with van der Waals surface area (Å²) in [4.78, 5) is 6.88. The van der Waals surface area contributed by atoms with Gasteiger partial charge in [-0.25, -0.2) is 17.4 Å². The summed E-state index contributed by atoms with van der Waals surface area (Å²) in [6.45, 7) is 5.24. The number of nitrogens with one attached hydrogen (secondary N) is 1. The van der Waals surface area contributed by atoms with E-state index >= 15 is 0 Å². The van der Waals surface area contributed by atoms with Gasteiger partial charge in [-0.05, 0) is 25.1 Å². The first-order chi connectivity index (χ1) is 13.1. The van der Waals surface area contributed by atoms with Gasteiger partial charge in [0.05, 0.1) is 21.5 Å². The van der Waals surface area contributed by atoms with E-state index in [4.69, 9.17) is 0 Å². The predicted molar refractivity (Wildman–Crippen MR) is 106 cm³/mol. The van der Waals surface area contributed by atoms with Crippen LogP contribution in [0.4, 0.5) is 5.69 Å². The van der Waals surface area contributed by atoms with Crippen molar-refractivity contribution in [2.45, 2.75) is 11.8 Å². The lowest BCUT2D eigenvalue weighted by molar-refractivity contribution is 0.588. The summed E-state index contributed by atoms with van der Waals surface area (Å²) in [7, 11) is -3.76. The fraction of sp³-hybridized carbons (Fsp3) is 0.250. The first-order valence-corrected chi connectivity index (χ1v) is 10.3. The van der Waals surface area contributed by atoms with Crippen LogP contribution in [0.15, 0.2) is 53.7 Å². The van der Waals surface area contributed by atoms with Crippen LogP contribution in [0.1, 0.15) is 12.5 Å². The number of hydrogen-bond acceptors (Lipinski definition) is 5. The first-order valence-electron chi connectivity index (χ1n) is 8.82. The molecule has 0 bridgehead atoms. The summed E-state index contributed by atoms with van der Waals surface area (Å²) >= 11 is 0. The van der Waals surface area contributed by atoms with Crippen molar-refractivity contribution in [3.63, 3.8) is 0 Å². The molecule has 0 saturated carbocycles. The summed E-state index contributed by atoms with van der Waals surface area (Å²) in [6.07, 6.45) is 3.25. The maximum Gasteiger partial charge on any atom is 0.269 e. The lowest BCUT2D eigenvalue weighted by Crippen LogP contribution is -2.43. The van der Waals surface area contributed by atoms with E-state index < -0.39 is 10.0 Å². The van der Waals surface area contributed by atoms with Crippen molar-refractivity contribution in [2.24, 2.45) is 0 Å². The topological polar surface area (TPSA) is 67.2 Å². The molecular formula is C20H20N4O2S. The van der Waals surface area contributed by atoms with Crippen LogP contribution in [0.3, 0.4) is 0 Å². The molecule has 1 saturated heterocycles. The lowest BCUT2D eigenvalue weighted by Gasteiger charge is -2.30. The average molecular weight is 380 g/mol. The van der Waals surface area contributed by atoms with Crippen LogP contribution in [-0.4, -0.2) is 43.6 Å². The number of benzene rings is 1. The molecule has 6 nitrogen and oxygen atoms in total. The van der Waals surface area contributed by atoms with E-state index in [9.17, 15) is 8.42 Å². The number of hydrogen-bond donors (Lipinski definition) is 1. The first kappa shape index (κ1) is 17.6. The van der Waals surface area contributed by atoms with Gasteiger partial charge in [-0.15, -0.1) is 5.92 Å². The minimum absolute atomic E-state index is 0.229. The minimum atomic E-state index is -3.76. The highest BCUT2D eigenvalue weighted by atomic mass is 32.2. The van der Waals surface area contributed by atoms with E-state index in [0.29, 0.717) is 11.2 Å². The molecule has 1 fully saturated rings. The third kappa shape index (κ3) is 3.07. The van der Waals surface area contributed by atoms with Gasteiger partial charge in [-0.3, -0.25) is 0 Å². The Morgan fingerprint density at radius 2 is 1.85 bits per heavy atom. The second-order valence-corrected chi connectivity index (χ2v) is 8.11. The summed E-state index contributed by atoms with van der Waals surface area (Å²) in [5, 5.41) is 4.12. The smallest absolute Gasteiger partial charge is 0.269 e. The highest BCUT2D eigenvalue weighted by molar-refractivity contribution is 7.90. The van der Waals surface area contributed by atoms with Crippen LogP contribution in [0.5, 0.6) is 0 Å². The lowest BCUT2D eigenvalue weighted by atomic mass is 10.1. The van der Waals surface area contributed by atoms with Crippen molar-refractivity contribution in [2.75, 3.05) is 31.1 Å². The quantitative estimate of drug-likeness (QED) is 0.705. The van der Waals surface area contributed by atoms with Crippen molar-refractivity contribution in [3.8, 4) is 11.8 Å². The summed E-state index contributed by atoms with van der Waals surface area (Å²) in [6, 6.07) is 10.3. The fourth-order valence-electron chi connectivity index (χ4n) is 3.40. The highest BCUT2D eigenvalue weighted by Crippen LogP contribution is 2.32. The van der Waals surface area contributed by atoms with Gasteiger partial charge in [0.15, 0.2) is 5.65 Å². The van der Waals surface area contributed by atoms with E-state index in [0.717, 1.165) is 37.3 Å². The number of piperazine rings is 1. The van der Waals surface area contributed by atoms with Crippen molar-refractivity contribution in [1.29, 1.82) is 0 Å². The van der Waals surface area contributed by atoms with Gasteiger partial charge < -0.3 is 10.2 Å². The number of anilines is 1. The number of pyridine rings is 1. The maximum absolute atomic E-state index is 13.2. The molecule has 138 valence electrons. The van der Waals surface area contributed by atoms with E-state index in [1.165, 1.54) is 3.97 Å². The Morgan fingerprint density at radius 3 is 2.56 bits per heavy atom. The van der Waals surface area contributed by atoms with Gasteiger partial charge in [0.2, 0.25) is 0 Å². The Kier molecular flexibility index (Phi) is 4.60. The van der Waals surface area contributed by atoms with Crippen LogP contribution in [0, 0.1) is 11.8 Å². The Labute approximate surface area is 158 Å². The molecule has 1 N–H and O–H groups in total. The standard InChI is InChI=1S/C20H20N4O2S/c1-2-6-16-15-24(27(25,26)17-7-4-3-5-8-17)20-19(16)18(9-10-22-20)23-13-11-21-12-14-23/h3-5,7-10,15,21H,11-14H2,1H3. The summed E-state index contributed by atoms with van der Waals surface area (Å²) in [5.41, 5.74) is 2.06. The normalized spacial score (nSPS) is 14.8. The zero-order chi connectivity index (χ0) is 18.9. The zero-order valence-electron chi connectivity index (χ0n) is 15.0. The van der Waals surface area contributed by atoms with E-state index in [2.05, 4.69) is 27.0 Å². The van der Waals surface area contributed by atoms with Gasteiger partial charge >= 0.3 is 0 Å². The molecule has 1 aliphatic heterocycles. The largest absolute Gasteiger partial charge is 0.368 e. The minimum Gasteiger partial charge on any atom is -0.368 e. The molecule has 7 heteroatoms. The number of aromatic nitrogens is 2. The SMILES string of the molecule is CC#Cc1cn(S(=O)(=O)c2ccccc2)c2nccc(N3CCNCC3)c12. The van der Waals surface area contributed by atoms with E-state index in [1.54, 1.807) is 49.6 Å². The van der Waals surface area contributed by atoms with Crippen molar-refractivity contribution in [3.05, 3.63) is 54.4 Å². The van der Waals surface area contributed by atoms with E-state index in [1.807, 2.05) is 6.07 Å². The number of rotatable bonds is 3. The fourth-order valence-corrected chi connectivity index (χ4v) is 4.74. The molecule has 0 spiro atoms. The van der Waals surface area contributed by atoms with Crippen molar-refractivity contribution < 1.29 is 8.42 Å². The molecule has 0 aliphatic carbocycles. The van der Waals surface area contributed by atoms with Crippen LogP contribution in [-0.2, 0) is 10.0 Å². The Morgan fingerprint density at radius 1 is 1.11 bits per heavy atom. The molecule has 2 aromatic heterocycles. The number of nitrogens with zero attached hydrogens (tertiary/aromatic N) is 3. The Balaban J connectivity index is 1.97. The average Bonchev–Trinajstić information content (AvgIpc) is 3.09. The molecule has 4 rings (SSSR count). The second-order valence-electron chi connectivity index (χ2n) is 6.30. The number of fused-ring (bicyclic) bond motifs is 1. The predicted octanol–water partition coefficient (Wildman–Crippen LogP) is 2.05. The van der Waals surface area contributed by atoms with Gasteiger partial charge in [0, 0.05) is 38.6 Å². The monoisotopic (exact) mass is 380 g/mol. The van der Waals surface area contributed by atoms with Crippen LogP contribution < -0.4 is 10.2 Å². The maximum atomic E-state index is 13.2. The Bertz CT molecular complexity index is 1140. The molecule has 27 heavy (non-hydrogen) atoms. The molecule has 1 aliphatic rings. The summed E-state index contributed by atoms with van der Waals surface area (Å²) in [5.74, 6) is 5.95. The molecule has 0 amide bonds. The van der Waals surface area contributed by atoms with Gasteiger partial charge in [-0.2, -0.15) is 0 Å². The summed E-state index contributed by atoms with van der Waals surface area (Å²) < 4.78 is 27.7.